The first kappa shape index (κ1) is 26.6. The van der Waals surface area contributed by atoms with Gasteiger partial charge in [0.25, 0.3) is 5.91 Å². The summed E-state index contributed by atoms with van der Waals surface area (Å²) in [6, 6.07) is 16.9. The molecule has 4 rings (SSSR count). The van der Waals surface area contributed by atoms with Gasteiger partial charge in [-0.3, -0.25) is 9.59 Å². The second kappa shape index (κ2) is 12.2. The predicted molar refractivity (Wildman–Crippen MR) is 138 cm³/mol. The van der Waals surface area contributed by atoms with Crippen LogP contribution in [0.1, 0.15) is 53.1 Å². The van der Waals surface area contributed by atoms with Crippen LogP contribution in [-0.4, -0.2) is 80.8 Å². The lowest BCUT2D eigenvalue weighted by atomic mass is 9.94. The number of ether oxygens (including phenoxy) is 3. The number of hydrogen-bond donors (Lipinski definition) is 0. The van der Waals surface area contributed by atoms with E-state index in [2.05, 4.69) is 6.07 Å². The lowest BCUT2D eigenvalue weighted by Crippen LogP contribution is -2.45. The fraction of sp³-hybridized carbons (Fsp3) is 0.483. The highest BCUT2D eigenvalue weighted by molar-refractivity contribution is 5.97. The van der Waals surface area contributed by atoms with Crippen molar-refractivity contribution in [2.24, 2.45) is 0 Å². The van der Waals surface area contributed by atoms with E-state index in [4.69, 9.17) is 14.2 Å². The van der Waals surface area contributed by atoms with Crippen LogP contribution in [0.3, 0.4) is 0 Å². The maximum Gasteiger partial charge on any atom is 0.257 e. The zero-order valence-electron chi connectivity index (χ0n) is 21.8. The van der Waals surface area contributed by atoms with E-state index in [-0.39, 0.29) is 60.4 Å². The minimum atomic E-state index is -0.354. The highest BCUT2D eigenvalue weighted by Crippen LogP contribution is 2.30. The molecule has 1 saturated heterocycles. The molecule has 1 fully saturated rings. The van der Waals surface area contributed by atoms with Crippen LogP contribution < -0.4 is 4.74 Å². The monoisotopic (exact) mass is 505 g/mol. The highest BCUT2D eigenvalue weighted by atomic mass is 16.6. The SMILES string of the molecule is CO[C@H]1CC[C@@H]2CCN(C)C(=O)C[C@H](c3ccccc3)CN(C)C(=O)c3cccc(C#N)c3OC[C@H]1O2. The van der Waals surface area contributed by atoms with E-state index in [9.17, 15) is 14.9 Å². The van der Waals surface area contributed by atoms with Gasteiger partial charge in [0.05, 0.1) is 23.3 Å². The molecule has 2 heterocycles. The molecule has 2 aromatic rings. The zero-order chi connectivity index (χ0) is 26.4. The second-order valence-electron chi connectivity index (χ2n) is 9.85. The molecule has 2 aliphatic heterocycles. The first-order valence-corrected chi connectivity index (χ1v) is 12.8. The lowest BCUT2D eigenvalue weighted by Gasteiger charge is -2.36. The minimum Gasteiger partial charge on any atom is -0.489 e. The third-order valence-electron chi connectivity index (χ3n) is 7.36. The molecule has 37 heavy (non-hydrogen) atoms. The Morgan fingerprint density at radius 1 is 1.00 bits per heavy atom. The van der Waals surface area contributed by atoms with Gasteiger partial charge in [0.2, 0.25) is 5.91 Å². The van der Waals surface area contributed by atoms with E-state index in [1.54, 1.807) is 42.2 Å². The highest BCUT2D eigenvalue weighted by Gasteiger charge is 2.33. The summed E-state index contributed by atoms with van der Waals surface area (Å²) >= 11 is 0. The molecule has 8 heteroatoms. The van der Waals surface area contributed by atoms with Crippen molar-refractivity contribution in [2.75, 3.05) is 40.9 Å². The lowest BCUT2D eigenvalue weighted by molar-refractivity contribution is -0.145. The molecule has 0 saturated carbocycles. The number of benzene rings is 2. The van der Waals surface area contributed by atoms with Gasteiger partial charge in [-0.05, 0) is 37.0 Å². The first-order chi connectivity index (χ1) is 17.9. The maximum atomic E-state index is 13.6. The van der Waals surface area contributed by atoms with Gasteiger partial charge in [-0.25, -0.2) is 0 Å². The van der Waals surface area contributed by atoms with E-state index in [0.29, 0.717) is 25.1 Å². The topological polar surface area (TPSA) is 92.1 Å². The molecule has 2 bridgehead atoms. The van der Waals surface area contributed by atoms with Crippen molar-refractivity contribution in [3.63, 3.8) is 0 Å². The Hall–Kier alpha value is -3.41. The fourth-order valence-corrected chi connectivity index (χ4v) is 5.14. The van der Waals surface area contributed by atoms with E-state index in [1.165, 1.54) is 0 Å². The Morgan fingerprint density at radius 2 is 1.78 bits per heavy atom. The molecule has 0 spiro atoms. The zero-order valence-corrected chi connectivity index (χ0v) is 21.8. The Labute approximate surface area is 218 Å². The van der Waals surface area contributed by atoms with Gasteiger partial charge >= 0.3 is 0 Å². The Kier molecular flexibility index (Phi) is 8.80. The van der Waals surface area contributed by atoms with Crippen molar-refractivity contribution < 1.29 is 23.8 Å². The number of amides is 2. The van der Waals surface area contributed by atoms with Crippen LogP contribution in [0.4, 0.5) is 0 Å². The largest absolute Gasteiger partial charge is 0.489 e. The average Bonchev–Trinajstić information content (AvgIpc) is 2.93. The van der Waals surface area contributed by atoms with Crippen LogP contribution in [0.2, 0.25) is 0 Å². The molecule has 4 atom stereocenters. The Bertz CT molecular complexity index is 1130. The molecule has 8 nitrogen and oxygen atoms in total. The molecule has 0 unspecified atom stereocenters. The summed E-state index contributed by atoms with van der Waals surface area (Å²) in [6.45, 7) is 1.07. The van der Waals surface area contributed by atoms with Crippen LogP contribution in [0.25, 0.3) is 0 Å². The number of para-hydroxylation sites is 1. The number of nitriles is 1. The molecule has 2 aliphatic rings. The number of nitrogens with zero attached hydrogens (tertiary/aromatic N) is 3. The molecule has 196 valence electrons. The summed E-state index contributed by atoms with van der Waals surface area (Å²) in [5, 5.41) is 9.75. The second-order valence-corrected chi connectivity index (χ2v) is 9.85. The number of rotatable bonds is 2. The van der Waals surface area contributed by atoms with E-state index >= 15 is 0 Å². The van der Waals surface area contributed by atoms with Gasteiger partial charge in [-0.2, -0.15) is 5.26 Å². The average molecular weight is 506 g/mol. The van der Waals surface area contributed by atoms with Crippen molar-refractivity contribution in [1.29, 1.82) is 5.26 Å². The van der Waals surface area contributed by atoms with Crippen LogP contribution in [0, 0.1) is 11.3 Å². The summed E-state index contributed by atoms with van der Waals surface area (Å²) in [6.07, 6.45) is 2.07. The summed E-state index contributed by atoms with van der Waals surface area (Å²) < 4.78 is 18.1. The minimum absolute atomic E-state index is 0.0272. The van der Waals surface area contributed by atoms with Crippen LogP contribution in [0.15, 0.2) is 48.5 Å². The third kappa shape index (κ3) is 6.30. The standard InChI is InChI=1S/C29H35N3O5/c1-31-15-14-23-12-13-25(35-3)26(37-23)19-36-28-21(17-30)10-7-11-24(28)29(34)32(2)18-22(16-27(31)33)20-8-5-4-6-9-20/h4-11,22-23,25-26H,12-16,18-19H2,1-3H3/t22-,23+,25-,26+/m0/s1. The molecule has 0 radical (unpaired) electrons. The molecular formula is C29H35N3O5. The van der Waals surface area contributed by atoms with Crippen molar-refractivity contribution in [2.45, 2.75) is 49.9 Å². The van der Waals surface area contributed by atoms with Gasteiger partial charge in [0.15, 0.2) is 0 Å². The summed E-state index contributed by atoms with van der Waals surface area (Å²) in [4.78, 5) is 30.2. The summed E-state index contributed by atoms with van der Waals surface area (Å²) in [5.41, 5.74) is 1.60. The predicted octanol–water partition coefficient (Wildman–Crippen LogP) is 3.61. The van der Waals surface area contributed by atoms with Crippen molar-refractivity contribution in [3.05, 3.63) is 65.2 Å². The first-order valence-electron chi connectivity index (χ1n) is 12.8. The van der Waals surface area contributed by atoms with Gasteiger partial charge in [0, 0.05) is 46.6 Å². The molecule has 0 N–H and O–H groups in total. The Morgan fingerprint density at radius 3 is 2.51 bits per heavy atom. The fourth-order valence-electron chi connectivity index (χ4n) is 5.14. The van der Waals surface area contributed by atoms with Crippen LogP contribution in [0.5, 0.6) is 5.75 Å². The third-order valence-corrected chi connectivity index (χ3v) is 7.36. The van der Waals surface area contributed by atoms with Crippen LogP contribution in [-0.2, 0) is 14.3 Å². The van der Waals surface area contributed by atoms with Crippen molar-refractivity contribution >= 4 is 11.8 Å². The van der Waals surface area contributed by atoms with Crippen molar-refractivity contribution in [3.8, 4) is 11.8 Å². The van der Waals surface area contributed by atoms with E-state index < -0.39 is 0 Å². The smallest absolute Gasteiger partial charge is 0.257 e. The van der Waals surface area contributed by atoms with Crippen molar-refractivity contribution in [1.82, 2.24) is 9.80 Å². The number of carbonyl (C=O) groups excluding carboxylic acids is 2. The van der Waals surface area contributed by atoms with Gasteiger partial charge in [0.1, 0.15) is 24.5 Å². The molecule has 0 aromatic heterocycles. The summed E-state index contributed by atoms with van der Waals surface area (Å²) in [7, 11) is 5.19. The van der Waals surface area contributed by atoms with Gasteiger partial charge in [-0.1, -0.05) is 36.4 Å². The van der Waals surface area contributed by atoms with Crippen LogP contribution >= 0.6 is 0 Å². The number of carbonyl (C=O) groups is 2. The number of methoxy groups -OCH3 is 1. The number of likely N-dealkylation sites (N-methyl/N-ethyl adjacent to an activating group) is 1. The molecule has 0 aliphatic carbocycles. The maximum absolute atomic E-state index is 13.6. The Balaban J connectivity index is 1.70. The molecule has 2 amide bonds. The quantitative estimate of drug-likeness (QED) is 0.619. The van der Waals surface area contributed by atoms with E-state index in [0.717, 1.165) is 18.4 Å². The van der Waals surface area contributed by atoms with Gasteiger partial charge < -0.3 is 24.0 Å². The summed E-state index contributed by atoms with van der Waals surface area (Å²) in [5.74, 6) is -0.174. The number of fused-ring (bicyclic) bond motifs is 3. The molecule has 2 aromatic carbocycles. The van der Waals surface area contributed by atoms with Gasteiger partial charge in [-0.15, -0.1) is 0 Å². The normalized spacial score (nSPS) is 25.7. The van der Waals surface area contributed by atoms with E-state index in [1.807, 2.05) is 37.4 Å². The molecular weight excluding hydrogens is 470 g/mol. The number of hydrogen-bond acceptors (Lipinski definition) is 6.